The molecule has 0 amide bonds. The highest BCUT2D eigenvalue weighted by Crippen LogP contribution is 2.37. The highest BCUT2D eigenvalue weighted by molar-refractivity contribution is 14.1. The monoisotopic (exact) mass is 392 g/mol. The van der Waals surface area contributed by atoms with Crippen molar-refractivity contribution in [3.05, 3.63) is 27.3 Å². The smallest absolute Gasteiger partial charge is 0.138 e. The lowest BCUT2D eigenvalue weighted by Gasteiger charge is -2.16. The Morgan fingerprint density at radius 1 is 1.47 bits per heavy atom. The molecule has 3 rings (SSSR count). The molecule has 2 nitrogen and oxygen atoms in total. The maximum Gasteiger partial charge on any atom is 0.138 e. The van der Waals surface area contributed by atoms with Crippen LogP contribution in [0, 0.1) is 15.3 Å². The van der Waals surface area contributed by atoms with Crippen LogP contribution in [0.4, 0.5) is 4.39 Å². The fraction of sp³-hybridized carbons (Fsp3) is 0.500. The van der Waals surface area contributed by atoms with Gasteiger partial charge in [-0.05, 0) is 53.8 Å². The normalized spacial score (nSPS) is 23.4. The van der Waals surface area contributed by atoms with Gasteiger partial charge in [-0.1, -0.05) is 6.92 Å². The van der Waals surface area contributed by atoms with Crippen LogP contribution in [-0.2, 0) is 5.88 Å². The fourth-order valence-electron chi connectivity index (χ4n) is 3.05. The van der Waals surface area contributed by atoms with Gasteiger partial charge in [-0.2, -0.15) is 0 Å². The maximum absolute atomic E-state index is 13.8. The van der Waals surface area contributed by atoms with Crippen LogP contribution in [0.1, 0.15) is 38.1 Å². The van der Waals surface area contributed by atoms with Gasteiger partial charge in [0.2, 0.25) is 0 Å². The number of alkyl halides is 1. The first kappa shape index (κ1) is 13.6. The molecule has 19 heavy (non-hydrogen) atoms. The number of hydrogen-bond donors (Lipinski definition) is 0. The van der Waals surface area contributed by atoms with E-state index in [1.54, 1.807) is 12.1 Å². The van der Waals surface area contributed by atoms with Crippen LogP contribution in [0.25, 0.3) is 11.0 Å². The van der Waals surface area contributed by atoms with Gasteiger partial charge < -0.3 is 4.57 Å². The molecule has 1 aromatic carbocycles. The number of halogens is 3. The van der Waals surface area contributed by atoms with Gasteiger partial charge in [-0.15, -0.1) is 11.6 Å². The zero-order chi connectivity index (χ0) is 13.6. The summed E-state index contributed by atoms with van der Waals surface area (Å²) >= 11 is 8.02. The molecule has 1 aliphatic rings. The minimum atomic E-state index is -0.179. The van der Waals surface area contributed by atoms with Crippen molar-refractivity contribution in [3.63, 3.8) is 0 Å². The third-order valence-electron chi connectivity index (χ3n) is 3.96. The summed E-state index contributed by atoms with van der Waals surface area (Å²) in [7, 11) is 0. The van der Waals surface area contributed by atoms with E-state index in [-0.39, 0.29) is 5.82 Å². The Morgan fingerprint density at radius 3 is 2.89 bits per heavy atom. The quantitative estimate of drug-likeness (QED) is 0.526. The standard InChI is InChI=1S/C14H15ClFIN2/c1-8-2-3-9(4-8)19-13-5-10(16)11(17)6-12(13)18-14(19)7-15/h5-6,8-9H,2-4,7H2,1H3. The maximum atomic E-state index is 13.8. The Labute approximate surface area is 130 Å². The van der Waals surface area contributed by atoms with E-state index in [9.17, 15) is 4.39 Å². The number of hydrogen-bond acceptors (Lipinski definition) is 1. The van der Waals surface area contributed by atoms with Gasteiger partial charge in [-0.3, -0.25) is 0 Å². The number of benzene rings is 1. The van der Waals surface area contributed by atoms with Gasteiger partial charge >= 0.3 is 0 Å². The molecule has 0 N–H and O–H groups in total. The zero-order valence-corrected chi connectivity index (χ0v) is 13.6. The summed E-state index contributed by atoms with van der Waals surface area (Å²) in [5.41, 5.74) is 1.73. The third kappa shape index (κ3) is 2.37. The molecule has 102 valence electrons. The van der Waals surface area contributed by atoms with Crippen molar-refractivity contribution in [2.45, 2.75) is 38.1 Å². The summed E-state index contributed by atoms with van der Waals surface area (Å²) in [6.07, 6.45) is 3.48. The summed E-state index contributed by atoms with van der Waals surface area (Å²) < 4.78 is 16.6. The Bertz CT molecular complexity index is 625. The Hall–Kier alpha value is -0.360. The van der Waals surface area contributed by atoms with E-state index >= 15 is 0 Å². The van der Waals surface area contributed by atoms with E-state index in [0.717, 1.165) is 35.6 Å². The summed E-state index contributed by atoms with van der Waals surface area (Å²) in [4.78, 5) is 4.56. The highest BCUT2D eigenvalue weighted by atomic mass is 127. The Balaban J connectivity index is 2.18. The zero-order valence-electron chi connectivity index (χ0n) is 10.7. The average Bonchev–Trinajstić information content (AvgIpc) is 2.93. The first-order valence-corrected chi connectivity index (χ1v) is 8.13. The van der Waals surface area contributed by atoms with Crippen LogP contribution in [0.3, 0.4) is 0 Å². The number of aromatic nitrogens is 2. The van der Waals surface area contributed by atoms with E-state index < -0.39 is 0 Å². The van der Waals surface area contributed by atoms with E-state index in [2.05, 4.69) is 16.5 Å². The summed E-state index contributed by atoms with van der Waals surface area (Å²) in [5.74, 6) is 1.77. The minimum absolute atomic E-state index is 0.179. The average molecular weight is 393 g/mol. The molecule has 1 saturated carbocycles. The molecular formula is C14H15ClFIN2. The molecule has 0 bridgehead atoms. The predicted octanol–water partition coefficient (Wildman–Crippen LogP) is 4.88. The third-order valence-corrected chi connectivity index (χ3v) is 5.02. The van der Waals surface area contributed by atoms with Crippen LogP contribution >= 0.6 is 34.2 Å². The second-order valence-electron chi connectivity index (χ2n) is 5.36. The molecule has 5 heteroatoms. The first-order valence-electron chi connectivity index (χ1n) is 6.52. The molecule has 1 fully saturated rings. The van der Waals surface area contributed by atoms with Crippen molar-refractivity contribution in [2.24, 2.45) is 5.92 Å². The van der Waals surface area contributed by atoms with Crippen molar-refractivity contribution in [2.75, 3.05) is 0 Å². The van der Waals surface area contributed by atoms with Gasteiger partial charge in [0.15, 0.2) is 0 Å². The lowest BCUT2D eigenvalue weighted by molar-refractivity contribution is 0.493. The topological polar surface area (TPSA) is 17.8 Å². The lowest BCUT2D eigenvalue weighted by atomic mass is 10.1. The molecular weight excluding hydrogens is 378 g/mol. The number of rotatable bonds is 2. The van der Waals surface area contributed by atoms with E-state index in [0.29, 0.717) is 15.5 Å². The number of imidazole rings is 1. The number of nitrogens with zero attached hydrogens (tertiary/aromatic N) is 2. The van der Waals surface area contributed by atoms with Crippen molar-refractivity contribution in [1.82, 2.24) is 9.55 Å². The molecule has 0 spiro atoms. The molecule has 1 aromatic heterocycles. The molecule has 1 aliphatic carbocycles. The molecule has 0 saturated heterocycles. The fourth-order valence-corrected chi connectivity index (χ4v) is 3.69. The molecule has 1 heterocycles. The van der Waals surface area contributed by atoms with Gasteiger partial charge in [0, 0.05) is 12.1 Å². The SMILES string of the molecule is CC1CCC(n2c(CCl)nc3cc(I)c(F)cc32)C1. The van der Waals surface area contributed by atoms with Gasteiger partial charge in [-0.25, -0.2) is 9.37 Å². The largest absolute Gasteiger partial charge is 0.324 e. The number of fused-ring (bicyclic) bond motifs is 1. The van der Waals surface area contributed by atoms with Gasteiger partial charge in [0.1, 0.15) is 11.6 Å². The van der Waals surface area contributed by atoms with Crippen LogP contribution in [0.2, 0.25) is 0 Å². The predicted molar refractivity (Wildman–Crippen MR) is 84.0 cm³/mol. The lowest BCUT2D eigenvalue weighted by Crippen LogP contribution is -2.08. The Kier molecular flexibility index (Phi) is 3.73. The van der Waals surface area contributed by atoms with Crippen molar-refractivity contribution in [3.8, 4) is 0 Å². The van der Waals surface area contributed by atoms with E-state index in [1.807, 2.05) is 22.6 Å². The van der Waals surface area contributed by atoms with E-state index in [4.69, 9.17) is 11.6 Å². The van der Waals surface area contributed by atoms with Crippen molar-refractivity contribution in [1.29, 1.82) is 0 Å². The first-order chi connectivity index (χ1) is 9.10. The van der Waals surface area contributed by atoms with Gasteiger partial charge in [0.05, 0.1) is 20.5 Å². The van der Waals surface area contributed by atoms with E-state index in [1.165, 1.54) is 6.42 Å². The van der Waals surface area contributed by atoms with Crippen LogP contribution < -0.4 is 0 Å². The van der Waals surface area contributed by atoms with Crippen molar-refractivity contribution < 1.29 is 4.39 Å². The summed E-state index contributed by atoms with van der Waals surface area (Å²) in [6.45, 7) is 2.27. The molecule has 0 aliphatic heterocycles. The van der Waals surface area contributed by atoms with Crippen LogP contribution in [0.5, 0.6) is 0 Å². The van der Waals surface area contributed by atoms with Crippen LogP contribution in [0.15, 0.2) is 12.1 Å². The van der Waals surface area contributed by atoms with Crippen LogP contribution in [-0.4, -0.2) is 9.55 Å². The van der Waals surface area contributed by atoms with Crippen molar-refractivity contribution >= 4 is 45.2 Å². The summed E-state index contributed by atoms with van der Waals surface area (Å²) in [5, 5.41) is 0. The second-order valence-corrected chi connectivity index (χ2v) is 6.79. The highest BCUT2D eigenvalue weighted by Gasteiger charge is 2.26. The summed E-state index contributed by atoms with van der Waals surface area (Å²) in [6, 6.07) is 3.81. The molecule has 2 unspecified atom stereocenters. The Morgan fingerprint density at radius 2 is 2.26 bits per heavy atom. The molecule has 2 aromatic rings. The second kappa shape index (κ2) is 5.20. The van der Waals surface area contributed by atoms with Gasteiger partial charge in [0.25, 0.3) is 0 Å². The molecule has 0 radical (unpaired) electrons. The molecule has 2 atom stereocenters. The minimum Gasteiger partial charge on any atom is -0.324 e.